The molecule has 1 aromatic carbocycles. The number of benzene rings is 1. The second-order valence-electron chi connectivity index (χ2n) is 7.38. The lowest BCUT2D eigenvalue weighted by Gasteiger charge is -2.18. The van der Waals surface area contributed by atoms with Gasteiger partial charge in [0.05, 0.1) is 11.1 Å². The van der Waals surface area contributed by atoms with Crippen molar-refractivity contribution < 1.29 is 4.79 Å². The van der Waals surface area contributed by atoms with E-state index in [1.165, 1.54) is 0 Å². The number of nitrogens with one attached hydrogen (secondary N) is 1. The summed E-state index contributed by atoms with van der Waals surface area (Å²) in [6.45, 7) is 8.64. The Hall–Kier alpha value is -1.30. The third-order valence-electron chi connectivity index (χ3n) is 4.97. The van der Waals surface area contributed by atoms with E-state index in [1.807, 2.05) is 44.2 Å². The second-order valence-corrected chi connectivity index (χ2v) is 9.40. The largest absolute Gasteiger partial charge is 0.351 e. The Kier molecular flexibility index (Phi) is 9.92. The first-order valence-electron chi connectivity index (χ1n) is 10.4. The standard InChI is InChI=1S/C23H30BrCl2N3O/c1-5-7-8-13-27-23(30)21-20(6-2)29(18-11-9-17(24)10-12-18)22(28-21)16(4)19(26)14-15(3)25/h9-12,14,16,19H,5-8,13H2,1-4H3,(H,27,30)/b15-14+. The van der Waals surface area contributed by atoms with E-state index in [1.54, 1.807) is 6.92 Å². The third-order valence-corrected chi connectivity index (χ3v) is 6.13. The summed E-state index contributed by atoms with van der Waals surface area (Å²) in [5, 5.41) is 3.31. The van der Waals surface area contributed by atoms with Crippen molar-refractivity contribution in [1.29, 1.82) is 0 Å². The van der Waals surface area contributed by atoms with Gasteiger partial charge in [-0.15, -0.1) is 11.6 Å². The maximum atomic E-state index is 12.9. The molecule has 2 rings (SSSR count). The number of hydrogen-bond donors (Lipinski definition) is 1. The van der Waals surface area contributed by atoms with Gasteiger partial charge in [-0.3, -0.25) is 9.36 Å². The van der Waals surface area contributed by atoms with Crippen LogP contribution in [0.1, 0.15) is 74.9 Å². The lowest BCUT2D eigenvalue weighted by atomic mass is 10.1. The number of unbranched alkanes of at least 4 members (excludes halogenated alkanes) is 2. The predicted octanol–water partition coefficient (Wildman–Crippen LogP) is 6.97. The SMILES string of the molecule is CCCCCNC(=O)c1nc(C(C)C(Cl)/C=C(\C)Cl)n(-c2ccc(Br)cc2)c1CC. The van der Waals surface area contributed by atoms with Gasteiger partial charge in [0, 0.05) is 27.7 Å². The van der Waals surface area contributed by atoms with E-state index in [9.17, 15) is 4.79 Å². The lowest BCUT2D eigenvalue weighted by Crippen LogP contribution is -2.26. The molecule has 0 spiro atoms. The highest BCUT2D eigenvalue weighted by Crippen LogP contribution is 2.30. The Labute approximate surface area is 198 Å². The summed E-state index contributed by atoms with van der Waals surface area (Å²) in [5.74, 6) is 0.473. The number of nitrogens with zero attached hydrogens (tertiary/aromatic N) is 2. The molecule has 0 fully saturated rings. The van der Waals surface area contributed by atoms with Crippen molar-refractivity contribution in [2.75, 3.05) is 6.54 Å². The van der Waals surface area contributed by atoms with Crippen LogP contribution in [0.3, 0.4) is 0 Å². The summed E-state index contributed by atoms with van der Waals surface area (Å²) < 4.78 is 3.05. The predicted molar refractivity (Wildman–Crippen MR) is 130 cm³/mol. The number of hydrogen-bond acceptors (Lipinski definition) is 2. The Morgan fingerprint density at radius 1 is 1.27 bits per heavy atom. The number of amides is 1. The zero-order valence-electron chi connectivity index (χ0n) is 18.0. The van der Waals surface area contributed by atoms with Crippen molar-refractivity contribution in [2.24, 2.45) is 0 Å². The van der Waals surface area contributed by atoms with E-state index in [4.69, 9.17) is 28.2 Å². The monoisotopic (exact) mass is 513 g/mol. The summed E-state index contributed by atoms with van der Waals surface area (Å²) in [6, 6.07) is 7.98. The number of allylic oxidation sites excluding steroid dienone is 2. The van der Waals surface area contributed by atoms with E-state index < -0.39 is 0 Å². The van der Waals surface area contributed by atoms with Crippen LogP contribution in [0.4, 0.5) is 0 Å². The molecular weight excluding hydrogens is 485 g/mol. The minimum atomic E-state index is -0.343. The normalized spacial score (nSPS) is 13.9. The molecule has 0 aliphatic heterocycles. The first-order chi connectivity index (χ1) is 14.3. The van der Waals surface area contributed by atoms with Gasteiger partial charge in [0.2, 0.25) is 0 Å². The molecule has 2 aromatic rings. The molecule has 30 heavy (non-hydrogen) atoms. The first-order valence-corrected chi connectivity index (χ1v) is 12.0. The molecule has 1 N–H and O–H groups in total. The minimum absolute atomic E-state index is 0.137. The van der Waals surface area contributed by atoms with Crippen LogP contribution in [0, 0.1) is 0 Å². The van der Waals surface area contributed by atoms with E-state index >= 15 is 0 Å². The van der Waals surface area contributed by atoms with Crippen molar-refractivity contribution in [3.63, 3.8) is 0 Å². The molecule has 7 heteroatoms. The molecule has 1 amide bonds. The summed E-state index contributed by atoms with van der Waals surface area (Å²) in [7, 11) is 0. The topological polar surface area (TPSA) is 46.9 Å². The molecular formula is C23H30BrCl2N3O. The van der Waals surface area contributed by atoms with Gasteiger partial charge in [0.1, 0.15) is 11.5 Å². The van der Waals surface area contributed by atoms with Crippen molar-refractivity contribution in [3.05, 3.63) is 57.1 Å². The number of carbonyl (C=O) groups excluding carboxylic acids is 1. The van der Waals surface area contributed by atoms with E-state index in [2.05, 4.69) is 32.7 Å². The summed E-state index contributed by atoms with van der Waals surface area (Å²) in [5.41, 5.74) is 2.29. The van der Waals surface area contributed by atoms with Crippen molar-refractivity contribution in [1.82, 2.24) is 14.9 Å². The molecule has 2 atom stereocenters. The molecule has 0 saturated heterocycles. The average molecular weight is 515 g/mol. The van der Waals surface area contributed by atoms with Gasteiger partial charge >= 0.3 is 0 Å². The molecule has 164 valence electrons. The van der Waals surface area contributed by atoms with Crippen LogP contribution < -0.4 is 5.32 Å². The van der Waals surface area contributed by atoms with E-state index in [-0.39, 0.29) is 17.2 Å². The van der Waals surface area contributed by atoms with Gasteiger partial charge in [-0.05, 0) is 44.0 Å². The molecule has 0 radical (unpaired) electrons. The van der Waals surface area contributed by atoms with Crippen LogP contribution in [0.5, 0.6) is 0 Å². The molecule has 4 nitrogen and oxygen atoms in total. The number of rotatable bonds is 10. The molecule has 2 unspecified atom stereocenters. The molecule has 0 saturated carbocycles. The highest BCUT2D eigenvalue weighted by Gasteiger charge is 2.27. The van der Waals surface area contributed by atoms with Gasteiger partial charge in [0.15, 0.2) is 0 Å². The number of alkyl halides is 1. The minimum Gasteiger partial charge on any atom is -0.351 e. The zero-order valence-corrected chi connectivity index (χ0v) is 21.1. The van der Waals surface area contributed by atoms with Crippen LogP contribution in [0.2, 0.25) is 0 Å². The Bertz CT molecular complexity index is 873. The highest BCUT2D eigenvalue weighted by atomic mass is 79.9. The quantitative estimate of drug-likeness (QED) is 0.275. The van der Waals surface area contributed by atoms with E-state index in [0.717, 1.165) is 40.9 Å². The zero-order chi connectivity index (χ0) is 22.3. The van der Waals surface area contributed by atoms with Crippen LogP contribution in [0.25, 0.3) is 5.69 Å². The molecule has 1 heterocycles. The van der Waals surface area contributed by atoms with Crippen molar-refractivity contribution in [2.45, 2.75) is 64.7 Å². The molecule has 0 aliphatic carbocycles. The number of halogens is 3. The Morgan fingerprint density at radius 3 is 2.50 bits per heavy atom. The van der Waals surface area contributed by atoms with Gasteiger partial charge in [0.25, 0.3) is 5.91 Å². The van der Waals surface area contributed by atoms with Crippen LogP contribution in [-0.4, -0.2) is 27.4 Å². The fourth-order valence-corrected chi connectivity index (χ4v) is 4.10. The highest BCUT2D eigenvalue weighted by molar-refractivity contribution is 9.10. The summed E-state index contributed by atoms with van der Waals surface area (Å²) >= 11 is 16.2. The Morgan fingerprint density at radius 2 is 1.93 bits per heavy atom. The number of aromatic nitrogens is 2. The van der Waals surface area contributed by atoms with E-state index in [0.29, 0.717) is 23.7 Å². The summed E-state index contributed by atoms with van der Waals surface area (Å²) in [4.78, 5) is 17.7. The second kappa shape index (κ2) is 11.9. The van der Waals surface area contributed by atoms with Gasteiger partial charge < -0.3 is 5.32 Å². The van der Waals surface area contributed by atoms with Crippen LogP contribution in [-0.2, 0) is 6.42 Å². The maximum absolute atomic E-state index is 12.9. The van der Waals surface area contributed by atoms with Crippen LogP contribution >= 0.6 is 39.1 Å². The smallest absolute Gasteiger partial charge is 0.271 e. The first kappa shape index (κ1) is 25.0. The third kappa shape index (κ3) is 6.35. The average Bonchev–Trinajstić information content (AvgIpc) is 3.10. The molecule has 0 aliphatic rings. The van der Waals surface area contributed by atoms with Gasteiger partial charge in [-0.1, -0.05) is 67.2 Å². The number of imidazole rings is 1. The summed E-state index contributed by atoms with van der Waals surface area (Å²) in [6.07, 6.45) is 5.65. The number of carbonyl (C=O) groups is 1. The van der Waals surface area contributed by atoms with Gasteiger partial charge in [-0.25, -0.2) is 4.98 Å². The maximum Gasteiger partial charge on any atom is 0.271 e. The Balaban J connectivity index is 2.52. The van der Waals surface area contributed by atoms with Crippen molar-refractivity contribution >= 4 is 45.0 Å². The molecule has 0 bridgehead atoms. The molecule has 1 aromatic heterocycles. The lowest BCUT2D eigenvalue weighted by molar-refractivity contribution is 0.0947. The fourth-order valence-electron chi connectivity index (χ4n) is 3.33. The van der Waals surface area contributed by atoms with Crippen molar-refractivity contribution in [3.8, 4) is 5.69 Å². The fraction of sp³-hybridized carbons (Fsp3) is 0.478. The van der Waals surface area contributed by atoms with Crippen LogP contribution in [0.15, 0.2) is 39.8 Å². The van der Waals surface area contributed by atoms with Gasteiger partial charge in [-0.2, -0.15) is 0 Å².